The number of hydrogen-bond donors (Lipinski definition) is 1. The summed E-state index contributed by atoms with van der Waals surface area (Å²) in [7, 11) is 0. The predicted octanol–water partition coefficient (Wildman–Crippen LogP) is 3.39. The summed E-state index contributed by atoms with van der Waals surface area (Å²) >= 11 is 6.02. The van der Waals surface area contributed by atoms with Crippen molar-refractivity contribution in [3.63, 3.8) is 0 Å². The van der Waals surface area contributed by atoms with Crippen molar-refractivity contribution in [2.45, 2.75) is 39.0 Å². The number of carbonyl (C=O) groups excluding carboxylic acids is 1. The predicted molar refractivity (Wildman–Crippen MR) is 128 cm³/mol. The summed E-state index contributed by atoms with van der Waals surface area (Å²) in [5.41, 5.74) is 0.301. The maximum absolute atomic E-state index is 12.3. The number of ether oxygens (including phenoxy) is 1. The van der Waals surface area contributed by atoms with Crippen molar-refractivity contribution in [2.24, 2.45) is 4.99 Å². The molecule has 0 bridgehead atoms. The fourth-order valence-electron chi connectivity index (χ4n) is 3.45. The summed E-state index contributed by atoms with van der Waals surface area (Å²) in [6.07, 6.45) is -0.275. The SMILES string of the molecule is CC(C)(C)OC(=O)N1CCN2C(NCc3nc(-c4cccc(Cl)c4)no3)=NCC2C1.I. The summed E-state index contributed by atoms with van der Waals surface area (Å²) in [5, 5.41) is 7.91. The van der Waals surface area contributed by atoms with Gasteiger partial charge in [0.2, 0.25) is 11.7 Å². The average Bonchev–Trinajstić information content (AvgIpc) is 3.31. The van der Waals surface area contributed by atoms with Crippen LogP contribution in [0.2, 0.25) is 5.02 Å². The van der Waals surface area contributed by atoms with Gasteiger partial charge in [-0.25, -0.2) is 4.79 Å². The van der Waals surface area contributed by atoms with Crippen molar-refractivity contribution in [1.82, 2.24) is 25.3 Å². The minimum atomic E-state index is -0.499. The second-order valence-corrected chi connectivity index (χ2v) is 8.75. The highest BCUT2D eigenvalue weighted by molar-refractivity contribution is 14.0. The molecule has 1 saturated heterocycles. The van der Waals surface area contributed by atoms with Gasteiger partial charge in [0.1, 0.15) is 5.60 Å². The molecule has 0 aliphatic carbocycles. The van der Waals surface area contributed by atoms with Gasteiger partial charge in [-0.15, -0.1) is 24.0 Å². The highest BCUT2D eigenvalue weighted by Crippen LogP contribution is 2.21. The molecular weight excluding hydrogens is 535 g/mol. The first-order valence-electron chi connectivity index (χ1n) is 9.90. The molecule has 4 rings (SSSR count). The Morgan fingerprint density at radius 2 is 2.16 bits per heavy atom. The number of aliphatic imine (C=N–C) groups is 1. The fourth-order valence-corrected chi connectivity index (χ4v) is 3.64. The zero-order valence-electron chi connectivity index (χ0n) is 17.7. The molecule has 0 spiro atoms. The smallest absolute Gasteiger partial charge is 0.410 e. The van der Waals surface area contributed by atoms with Gasteiger partial charge in [-0.1, -0.05) is 28.9 Å². The Hall–Kier alpha value is -2.08. The van der Waals surface area contributed by atoms with E-state index in [0.29, 0.717) is 49.5 Å². The van der Waals surface area contributed by atoms with Crippen LogP contribution in [0.5, 0.6) is 0 Å². The van der Waals surface area contributed by atoms with Gasteiger partial charge in [0.05, 0.1) is 19.1 Å². The molecule has 9 nitrogen and oxygen atoms in total. The number of guanidine groups is 1. The largest absolute Gasteiger partial charge is 0.444 e. The third kappa shape index (κ3) is 5.79. The third-order valence-corrected chi connectivity index (χ3v) is 5.04. The molecule has 1 unspecified atom stereocenters. The van der Waals surface area contributed by atoms with Crippen LogP contribution < -0.4 is 5.32 Å². The molecule has 1 aromatic heterocycles. The monoisotopic (exact) mass is 560 g/mol. The summed E-state index contributed by atoms with van der Waals surface area (Å²) in [4.78, 5) is 25.3. The van der Waals surface area contributed by atoms with Crippen molar-refractivity contribution in [1.29, 1.82) is 0 Å². The number of nitrogens with one attached hydrogen (secondary N) is 1. The normalized spacial score (nSPS) is 18.2. The number of piperazine rings is 1. The Morgan fingerprint density at radius 3 is 2.90 bits per heavy atom. The van der Waals surface area contributed by atoms with E-state index >= 15 is 0 Å². The minimum absolute atomic E-state index is 0. The summed E-state index contributed by atoms with van der Waals surface area (Å²) in [6.45, 7) is 8.47. The Kier molecular flexibility index (Phi) is 7.30. The second kappa shape index (κ2) is 9.60. The standard InChI is InChI=1S/C20H25ClN6O3.HI/c1-20(2,3)29-19(28)26-7-8-27-15(12-26)10-22-18(27)23-11-16-24-17(25-30-16)13-5-4-6-14(21)9-13;/h4-6,9,15H,7-8,10-12H2,1-3H3,(H,22,23);1H. The number of nitrogens with zero attached hydrogens (tertiary/aromatic N) is 5. The Morgan fingerprint density at radius 1 is 1.35 bits per heavy atom. The van der Waals surface area contributed by atoms with Crippen LogP contribution in [0.25, 0.3) is 11.4 Å². The van der Waals surface area contributed by atoms with Gasteiger partial charge < -0.3 is 24.4 Å². The Bertz CT molecular complexity index is 960. The lowest BCUT2D eigenvalue weighted by Crippen LogP contribution is -2.57. The van der Waals surface area contributed by atoms with Gasteiger partial charge in [0.15, 0.2) is 5.96 Å². The number of halogens is 2. The topological polar surface area (TPSA) is 96.1 Å². The average molecular weight is 561 g/mol. The number of aromatic nitrogens is 2. The van der Waals surface area contributed by atoms with E-state index in [1.54, 1.807) is 17.0 Å². The first-order chi connectivity index (χ1) is 14.3. The summed E-state index contributed by atoms with van der Waals surface area (Å²) in [5.74, 6) is 1.74. The van der Waals surface area contributed by atoms with Crippen LogP contribution in [0.1, 0.15) is 26.7 Å². The van der Waals surface area contributed by atoms with Crippen LogP contribution in [0.4, 0.5) is 4.79 Å². The van der Waals surface area contributed by atoms with E-state index in [9.17, 15) is 4.79 Å². The van der Waals surface area contributed by atoms with Gasteiger partial charge in [0.25, 0.3) is 0 Å². The maximum Gasteiger partial charge on any atom is 0.410 e. The lowest BCUT2D eigenvalue weighted by Gasteiger charge is -2.39. The van der Waals surface area contributed by atoms with Crippen molar-refractivity contribution in [2.75, 3.05) is 26.2 Å². The molecule has 11 heteroatoms. The lowest BCUT2D eigenvalue weighted by molar-refractivity contribution is 0.0137. The Balaban J connectivity index is 0.00000272. The lowest BCUT2D eigenvalue weighted by atomic mass is 10.2. The summed E-state index contributed by atoms with van der Waals surface area (Å²) in [6, 6.07) is 7.45. The van der Waals surface area contributed by atoms with Crippen molar-refractivity contribution >= 4 is 47.6 Å². The molecule has 31 heavy (non-hydrogen) atoms. The molecule has 0 saturated carbocycles. The maximum atomic E-state index is 12.3. The third-order valence-electron chi connectivity index (χ3n) is 4.81. The van der Waals surface area contributed by atoms with Crippen molar-refractivity contribution in [3.05, 3.63) is 35.2 Å². The van der Waals surface area contributed by atoms with E-state index in [4.69, 9.17) is 20.9 Å². The minimum Gasteiger partial charge on any atom is -0.444 e. The number of carbonyl (C=O) groups is 1. The van der Waals surface area contributed by atoms with E-state index in [1.807, 2.05) is 32.9 Å². The van der Waals surface area contributed by atoms with Gasteiger partial charge in [-0.3, -0.25) is 4.99 Å². The molecule has 3 heterocycles. The number of rotatable bonds is 3. The van der Waals surface area contributed by atoms with E-state index in [2.05, 4.69) is 25.3 Å². The first-order valence-corrected chi connectivity index (χ1v) is 10.3. The molecule has 1 atom stereocenters. The quantitative estimate of drug-likeness (QED) is 0.575. The highest BCUT2D eigenvalue weighted by atomic mass is 127. The van der Waals surface area contributed by atoms with Gasteiger partial charge in [0, 0.05) is 30.2 Å². The number of hydrogen-bond acceptors (Lipinski definition) is 8. The molecule has 1 aromatic carbocycles. The second-order valence-electron chi connectivity index (χ2n) is 8.31. The highest BCUT2D eigenvalue weighted by Gasteiger charge is 2.36. The zero-order valence-corrected chi connectivity index (χ0v) is 20.8. The molecule has 2 aliphatic heterocycles. The van der Waals surface area contributed by atoms with Gasteiger partial charge >= 0.3 is 6.09 Å². The number of amides is 1. The molecule has 1 N–H and O–H groups in total. The van der Waals surface area contributed by atoms with E-state index < -0.39 is 5.60 Å². The molecule has 2 aromatic rings. The van der Waals surface area contributed by atoms with Crippen molar-refractivity contribution in [3.8, 4) is 11.4 Å². The zero-order chi connectivity index (χ0) is 21.3. The van der Waals surface area contributed by atoms with Crippen LogP contribution in [0.3, 0.4) is 0 Å². The molecule has 0 radical (unpaired) electrons. The number of fused-ring (bicyclic) bond motifs is 1. The Labute approximate surface area is 203 Å². The molecular formula is C20H26ClIN6O3. The van der Waals surface area contributed by atoms with Crippen LogP contribution in [0.15, 0.2) is 33.8 Å². The molecule has 1 fully saturated rings. The van der Waals surface area contributed by atoms with E-state index in [0.717, 1.165) is 11.5 Å². The van der Waals surface area contributed by atoms with Crippen LogP contribution >= 0.6 is 35.6 Å². The van der Waals surface area contributed by atoms with Crippen LogP contribution in [0, 0.1) is 0 Å². The summed E-state index contributed by atoms with van der Waals surface area (Å²) < 4.78 is 10.8. The molecule has 1 amide bonds. The van der Waals surface area contributed by atoms with Gasteiger partial charge in [-0.2, -0.15) is 4.98 Å². The van der Waals surface area contributed by atoms with Crippen molar-refractivity contribution < 1.29 is 14.1 Å². The van der Waals surface area contributed by atoms with Crippen LogP contribution in [-0.2, 0) is 11.3 Å². The molecule has 168 valence electrons. The van der Waals surface area contributed by atoms with E-state index in [-0.39, 0.29) is 36.1 Å². The fraction of sp³-hybridized carbons (Fsp3) is 0.500. The van der Waals surface area contributed by atoms with Gasteiger partial charge in [-0.05, 0) is 32.9 Å². The molecule has 2 aliphatic rings. The van der Waals surface area contributed by atoms with Crippen LogP contribution in [-0.4, -0.2) is 69.8 Å². The first kappa shape index (κ1) is 23.6. The van der Waals surface area contributed by atoms with E-state index in [1.165, 1.54) is 0 Å². The number of benzene rings is 1.